The van der Waals surface area contributed by atoms with Crippen molar-refractivity contribution in [1.82, 2.24) is 0 Å². The monoisotopic (exact) mass is 436 g/mol. The first-order valence-electron chi connectivity index (χ1n) is 6.86. The molecule has 1 aliphatic carbocycles. The summed E-state index contributed by atoms with van der Waals surface area (Å²) in [7, 11) is -0.164. The molecule has 0 atom stereocenters. The summed E-state index contributed by atoms with van der Waals surface area (Å²) >= 11 is 0. The van der Waals surface area contributed by atoms with Crippen LogP contribution in [0, 0.1) is 6.08 Å². The van der Waals surface area contributed by atoms with E-state index in [1.807, 2.05) is 0 Å². The number of fused-ring (bicyclic) bond motifs is 1. The van der Waals surface area contributed by atoms with Crippen LogP contribution in [0.3, 0.4) is 0 Å². The Morgan fingerprint density at radius 3 is 2.26 bits per heavy atom. The summed E-state index contributed by atoms with van der Waals surface area (Å²) in [5, 5.41) is 4.26. The quantitative estimate of drug-likeness (QED) is 0.478. The van der Waals surface area contributed by atoms with Crippen molar-refractivity contribution in [2.75, 3.05) is 0 Å². The predicted octanol–water partition coefficient (Wildman–Crippen LogP) is 0.236. The molecule has 1 aliphatic rings. The molecule has 0 bridgehead atoms. The van der Waals surface area contributed by atoms with E-state index in [1.54, 1.807) is 0 Å². The Kier molecular flexibility index (Phi) is 11.0. The number of halogens is 2. The maximum atomic E-state index is 3.12. The Bertz CT molecular complexity index is 752. The van der Waals surface area contributed by atoms with Gasteiger partial charge in [0.1, 0.15) is 0 Å². The Morgan fingerprint density at radius 2 is 1.70 bits per heavy atom. The van der Waals surface area contributed by atoms with Gasteiger partial charge in [-0.25, -0.2) is 11.6 Å². The van der Waals surface area contributed by atoms with Crippen LogP contribution in [0.25, 0.3) is 16.1 Å². The van der Waals surface area contributed by atoms with E-state index in [0.29, 0.717) is 0 Å². The molecule has 2 aromatic carbocycles. The first-order valence-corrected chi connectivity index (χ1v) is 8.34. The average Bonchev–Trinajstić information content (AvgIpc) is 3.19. The van der Waals surface area contributed by atoms with E-state index in [0.717, 1.165) is 6.42 Å². The van der Waals surface area contributed by atoms with Crippen molar-refractivity contribution < 1.29 is 51.0 Å². The normalized spacial score (nSPS) is 11.4. The fraction of sp³-hybridized carbons (Fsp3) is 0.105. The summed E-state index contributed by atoms with van der Waals surface area (Å²) < 4.78 is 0. The molecule has 23 heavy (non-hydrogen) atoms. The zero-order valence-corrected chi connectivity index (χ0v) is 17.7. The molecule has 3 aromatic rings. The molecule has 0 nitrogen and oxygen atoms in total. The van der Waals surface area contributed by atoms with Gasteiger partial charge in [-0.3, -0.25) is 6.08 Å². The number of hydrogen-bond donors (Lipinski definition) is 0. The summed E-state index contributed by atoms with van der Waals surface area (Å²) in [6.45, 7) is 2.06. The second-order valence-electron chi connectivity index (χ2n) is 4.86. The average molecular weight is 438 g/mol. The van der Waals surface area contributed by atoms with Crippen LogP contribution in [-0.4, -0.2) is 0 Å². The Labute approximate surface area is 171 Å². The van der Waals surface area contributed by atoms with Gasteiger partial charge in [0.25, 0.3) is 0 Å². The van der Waals surface area contributed by atoms with Crippen molar-refractivity contribution >= 4 is 18.3 Å². The molecular formula is C19H17Cl2PZr. The summed E-state index contributed by atoms with van der Waals surface area (Å²) in [6, 6.07) is 17.4. The van der Waals surface area contributed by atoms with Crippen LogP contribution in [0.1, 0.15) is 13.3 Å². The molecule has 0 spiro atoms. The molecule has 0 N–H and O–H groups in total. The maximum absolute atomic E-state index is 3.12. The van der Waals surface area contributed by atoms with Gasteiger partial charge in [-0.05, 0) is 11.6 Å². The zero-order chi connectivity index (χ0) is 13.8. The topological polar surface area (TPSA) is 0 Å². The molecule has 0 amide bonds. The van der Waals surface area contributed by atoms with Gasteiger partial charge in [-0.1, -0.05) is 30.4 Å². The fourth-order valence-corrected chi connectivity index (χ4v) is 4.09. The molecule has 0 fully saturated rings. The van der Waals surface area contributed by atoms with Gasteiger partial charge in [-0.15, -0.1) is 49.0 Å². The summed E-state index contributed by atoms with van der Waals surface area (Å²) in [4.78, 5) is 0. The minimum atomic E-state index is -0.164. The summed E-state index contributed by atoms with van der Waals surface area (Å²) in [5.41, 5.74) is 1.27. The Hall–Kier alpha value is -0.447. The Morgan fingerprint density at radius 1 is 1.00 bits per heavy atom. The van der Waals surface area contributed by atoms with Crippen LogP contribution >= 0.6 is 7.53 Å². The van der Waals surface area contributed by atoms with Crippen molar-refractivity contribution in [2.45, 2.75) is 13.3 Å². The molecule has 0 unspecified atom stereocenters. The van der Waals surface area contributed by atoms with E-state index in [-0.39, 0.29) is 58.6 Å². The van der Waals surface area contributed by atoms with Crippen molar-refractivity contribution in [3.8, 4) is 5.30 Å². The zero-order valence-electron chi connectivity index (χ0n) is 12.8. The smallest absolute Gasteiger partial charge is 1.00 e. The molecule has 1 heterocycles. The van der Waals surface area contributed by atoms with Crippen molar-refractivity contribution in [2.24, 2.45) is 0 Å². The fourth-order valence-electron chi connectivity index (χ4n) is 2.37. The maximum Gasteiger partial charge on any atom is 4.00 e. The first-order chi connectivity index (χ1) is 9.84. The molecule has 0 radical (unpaired) electrons. The largest absolute Gasteiger partial charge is 4.00 e. The third-order valence-electron chi connectivity index (χ3n) is 3.41. The summed E-state index contributed by atoms with van der Waals surface area (Å²) in [6.07, 6.45) is 8.33. The van der Waals surface area contributed by atoms with E-state index in [1.165, 1.54) is 21.7 Å². The molecule has 0 saturated heterocycles. The van der Waals surface area contributed by atoms with E-state index >= 15 is 0 Å². The van der Waals surface area contributed by atoms with Crippen molar-refractivity contribution in [3.63, 3.8) is 0 Å². The standard InChI is InChI=1S/C13H10P.C6H7.2ClH.Zr/c1-2-6-12-11(5-1)7-8-13(12)14-9-3-4-10-14;1-6-4-2-3-5-6;;;/h1-10H;2,4H,3H2,1H3;2*1H;/q2*-1;;;+4/p-2. The van der Waals surface area contributed by atoms with Crippen molar-refractivity contribution in [3.05, 3.63) is 83.9 Å². The van der Waals surface area contributed by atoms with Gasteiger partial charge < -0.3 is 24.8 Å². The molecular weight excluding hydrogens is 421 g/mol. The van der Waals surface area contributed by atoms with Gasteiger partial charge in [0.05, 0.1) is 0 Å². The molecule has 4 rings (SSSR count). The molecule has 1 aromatic heterocycles. The first kappa shape index (κ1) is 22.6. The van der Waals surface area contributed by atoms with Crippen LogP contribution in [0.5, 0.6) is 0 Å². The minimum absolute atomic E-state index is 0. The molecule has 4 heteroatoms. The van der Waals surface area contributed by atoms with E-state index in [9.17, 15) is 0 Å². The third-order valence-corrected chi connectivity index (χ3v) is 5.34. The molecule has 0 aliphatic heterocycles. The van der Waals surface area contributed by atoms with Crippen molar-refractivity contribution in [1.29, 1.82) is 0 Å². The van der Waals surface area contributed by atoms with E-state index < -0.39 is 0 Å². The summed E-state index contributed by atoms with van der Waals surface area (Å²) in [5.74, 6) is 4.61. The number of rotatable bonds is 1. The minimum Gasteiger partial charge on any atom is -1.00 e. The van der Waals surface area contributed by atoms with E-state index in [2.05, 4.69) is 85.3 Å². The van der Waals surface area contributed by atoms with Crippen LogP contribution in [0.2, 0.25) is 0 Å². The SMILES string of the molecule is CC1=[C-]CC=C1.[Cl-].[Cl-].[Zr+4].c1ccc2c(c1)cc[c-]2-p1cccc1. The Balaban J connectivity index is 0.000000469. The van der Waals surface area contributed by atoms with Crippen LogP contribution in [0.15, 0.2) is 77.9 Å². The van der Waals surface area contributed by atoms with Gasteiger partial charge in [0, 0.05) is 0 Å². The van der Waals surface area contributed by atoms with Crippen LogP contribution in [0.4, 0.5) is 0 Å². The third kappa shape index (κ3) is 5.84. The predicted molar refractivity (Wildman–Crippen MR) is 89.8 cm³/mol. The van der Waals surface area contributed by atoms with Gasteiger partial charge in [0.2, 0.25) is 0 Å². The van der Waals surface area contributed by atoms with Crippen LogP contribution < -0.4 is 24.8 Å². The van der Waals surface area contributed by atoms with E-state index in [4.69, 9.17) is 0 Å². The second-order valence-corrected chi connectivity index (χ2v) is 6.76. The van der Waals surface area contributed by atoms with Crippen LogP contribution in [-0.2, 0) is 26.2 Å². The van der Waals surface area contributed by atoms with Gasteiger partial charge >= 0.3 is 26.2 Å². The molecule has 116 valence electrons. The number of allylic oxidation sites excluding steroid dienone is 4. The number of hydrogen-bond acceptors (Lipinski definition) is 0. The van der Waals surface area contributed by atoms with Gasteiger partial charge in [0.15, 0.2) is 0 Å². The molecule has 0 saturated carbocycles. The number of benzene rings is 1. The second kappa shape index (κ2) is 11.2. The van der Waals surface area contributed by atoms with Gasteiger partial charge in [-0.2, -0.15) is 12.1 Å².